The first-order chi connectivity index (χ1) is 9.60. The van der Waals surface area contributed by atoms with E-state index in [1.165, 1.54) is 0 Å². The molecule has 1 aliphatic carbocycles. The highest BCUT2D eigenvalue weighted by atomic mass is 16.5. The molecule has 1 aromatic rings. The number of hydrogen-bond acceptors (Lipinski definition) is 3. The summed E-state index contributed by atoms with van der Waals surface area (Å²) >= 11 is 0. The first-order valence-corrected chi connectivity index (χ1v) is 7.48. The Balaban J connectivity index is 2.14. The molecule has 1 N–H and O–H groups in total. The van der Waals surface area contributed by atoms with Crippen molar-refractivity contribution in [2.75, 3.05) is 13.7 Å². The molecule has 5 nitrogen and oxygen atoms in total. The first-order valence-electron chi connectivity index (χ1n) is 7.48. The van der Waals surface area contributed by atoms with E-state index in [1.54, 1.807) is 12.4 Å². The summed E-state index contributed by atoms with van der Waals surface area (Å²) in [4.78, 5) is 14.3. The Morgan fingerprint density at radius 1 is 1.50 bits per heavy atom. The summed E-state index contributed by atoms with van der Waals surface area (Å²) in [6, 6.07) is 0.247. The molecule has 0 saturated heterocycles. The van der Waals surface area contributed by atoms with E-state index in [2.05, 4.69) is 24.0 Å². The third kappa shape index (κ3) is 2.24. The topological polar surface area (TPSA) is 58.2 Å². The fraction of sp³-hybridized carbons (Fsp3) is 0.733. The van der Waals surface area contributed by atoms with Crippen LogP contribution in [-0.2, 0) is 4.74 Å². The van der Waals surface area contributed by atoms with Crippen molar-refractivity contribution in [3.05, 3.63) is 18.0 Å². The molecule has 1 amide bonds. The molecule has 1 aromatic heterocycles. The number of carbonyl (C=O) groups excluding carboxylic acids is 1. The largest absolute Gasteiger partial charge is 0.378 e. The number of carbonyl (C=O) groups is 1. The molecule has 2 unspecified atom stereocenters. The van der Waals surface area contributed by atoms with Crippen LogP contribution in [-0.4, -0.2) is 46.8 Å². The van der Waals surface area contributed by atoms with Crippen molar-refractivity contribution in [3.63, 3.8) is 0 Å². The summed E-state index contributed by atoms with van der Waals surface area (Å²) in [6.45, 7) is 7.15. The van der Waals surface area contributed by atoms with Crippen LogP contribution in [0.3, 0.4) is 0 Å². The van der Waals surface area contributed by atoms with Gasteiger partial charge < -0.3 is 9.64 Å². The van der Waals surface area contributed by atoms with Gasteiger partial charge in [0, 0.05) is 31.3 Å². The number of nitrogens with zero attached hydrogens (tertiary/aromatic N) is 2. The minimum atomic E-state index is 0.0324. The lowest BCUT2D eigenvalue weighted by Gasteiger charge is -2.58. The molecular weight excluding hydrogens is 254 g/mol. The average molecular weight is 279 g/mol. The van der Waals surface area contributed by atoms with Crippen LogP contribution in [0.5, 0.6) is 0 Å². The Morgan fingerprint density at radius 2 is 2.20 bits per heavy atom. The molecule has 2 rings (SSSR count). The van der Waals surface area contributed by atoms with Crippen molar-refractivity contribution in [1.82, 2.24) is 15.1 Å². The van der Waals surface area contributed by atoms with E-state index in [-0.39, 0.29) is 23.5 Å². The van der Waals surface area contributed by atoms with Crippen LogP contribution in [0.4, 0.5) is 0 Å². The van der Waals surface area contributed by atoms with E-state index in [0.29, 0.717) is 5.56 Å². The van der Waals surface area contributed by atoms with Crippen LogP contribution < -0.4 is 0 Å². The van der Waals surface area contributed by atoms with E-state index in [1.807, 2.05) is 18.9 Å². The van der Waals surface area contributed by atoms with Gasteiger partial charge in [0.1, 0.15) is 0 Å². The van der Waals surface area contributed by atoms with Crippen LogP contribution in [0.1, 0.15) is 50.4 Å². The Kier molecular flexibility index (Phi) is 4.48. The van der Waals surface area contributed by atoms with E-state index in [9.17, 15) is 4.79 Å². The first kappa shape index (κ1) is 15.0. The average Bonchev–Trinajstić information content (AvgIpc) is 2.97. The van der Waals surface area contributed by atoms with E-state index >= 15 is 0 Å². The summed E-state index contributed by atoms with van der Waals surface area (Å²) < 4.78 is 5.87. The number of aromatic amines is 1. The second-order valence-corrected chi connectivity index (χ2v) is 5.54. The summed E-state index contributed by atoms with van der Waals surface area (Å²) in [5.41, 5.74) is 0.706. The summed E-state index contributed by atoms with van der Waals surface area (Å²) in [7, 11) is 1.89. The van der Waals surface area contributed by atoms with Gasteiger partial charge in [0.15, 0.2) is 0 Å². The van der Waals surface area contributed by atoms with Crippen LogP contribution in [0.25, 0.3) is 0 Å². The smallest absolute Gasteiger partial charge is 0.257 e. The van der Waals surface area contributed by atoms with E-state index in [0.717, 1.165) is 25.9 Å². The van der Waals surface area contributed by atoms with Gasteiger partial charge in [0.2, 0.25) is 0 Å². The molecule has 5 heteroatoms. The number of amides is 1. The molecule has 2 atom stereocenters. The highest BCUT2D eigenvalue weighted by molar-refractivity contribution is 5.93. The van der Waals surface area contributed by atoms with Gasteiger partial charge in [-0.05, 0) is 26.2 Å². The third-order valence-corrected chi connectivity index (χ3v) is 4.96. The number of H-pyrrole nitrogens is 1. The standard InChI is InChI=1S/C15H25N3O2/c1-5-15(6-2)12(8-13(15)20-7-3)18(4)14(19)11-9-16-17-10-11/h9-10,12-13H,5-8H2,1-4H3,(H,16,17). The van der Waals surface area contributed by atoms with Gasteiger partial charge in [-0.15, -0.1) is 0 Å². The lowest BCUT2D eigenvalue weighted by atomic mass is 9.58. The maximum Gasteiger partial charge on any atom is 0.257 e. The van der Waals surface area contributed by atoms with Crippen molar-refractivity contribution in [1.29, 1.82) is 0 Å². The van der Waals surface area contributed by atoms with Crippen LogP contribution in [0, 0.1) is 5.41 Å². The summed E-state index contributed by atoms with van der Waals surface area (Å²) in [5.74, 6) is 0.0324. The Morgan fingerprint density at radius 3 is 2.70 bits per heavy atom. The van der Waals surface area contributed by atoms with E-state index < -0.39 is 0 Å². The number of hydrogen-bond donors (Lipinski definition) is 1. The van der Waals surface area contributed by atoms with Crippen molar-refractivity contribution in [2.45, 2.75) is 52.2 Å². The van der Waals surface area contributed by atoms with Gasteiger partial charge in [-0.2, -0.15) is 5.10 Å². The van der Waals surface area contributed by atoms with Gasteiger partial charge in [0.25, 0.3) is 5.91 Å². The molecule has 1 heterocycles. The van der Waals surface area contributed by atoms with Gasteiger partial charge >= 0.3 is 0 Å². The molecule has 1 aliphatic rings. The number of nitrogens with one attached hydrogen (secondary N) is 1. The molecule has 112 valence electrons. The van der Waals surface area contributed by atoms with Crippen molar-refractivity contribution in [3.8, 4) is 0 Å². The lowest BCUT2D eigenvalue weighted by molar-refractivity contribution is -0.159. The zero-order valence-corrected chi connectivity index (χ0v) is 12.8. The Hall–Kier alpha value is -1.36. The second kappa shape index (κ2) is 5.95. The molecule has 1 saturated carbocycles. The predicted octanol–water partition coefficient (Wildman–Crippen LogP) is 2.47. The number of ether oxygens (including phenoxy) is 1. The van der Waals surface area contributed by atoms with Crippen LogP contribution in [0.2, 0.25) is 0 Å². The second-order valence-electron chi connectivity index (χ2n) is 5.54. The predicted molar refractivity (Wildman–Crippen MR) is 77.5 cm³/mol. The molecule has 20 heavy (non-hydrogen) atoms. The zero-order chi connectivity index (χ0) is 14.8. The molecule has 0 spiro atoms. The highest BCUT2D eigenvalue weighted by Gasteiger charge is 2.55. The maximum absolute atomic E-state index is 12.4. The van der Waals surface area contributed by atoms with Gasteiger partial charge in [-0.1, -0.05) is 13.8 Å². The molecule has 0 aliphatic heterocycles. The third-order valence-electron chi connectivity index (χ3n) is 4.96. The maximum atomic E-state index is 12.4. The molecule has 1 fully saturated rings. The lowest BCUT2D eigenvalue weighted by Crippen LogP contribution is -2.64. The monoisotopic (exact) mass is 279 g/mol. The number of aromatic nitrogens is 2. The van der Waals surface area contributed by atoms with Crippen LogP contribution >= 0.6 is 0 Å². The molecular formula is C15H25N3O2. The minimum absolute atomic E-state index is 0.0324. The minimum Gasteiger partial charge on any atom is -0.378 e. The van der Waals surface area contributed by atoms with Crippen molar-refractivity contribution >= 4 is 5.91 Å². The fourth-order valence-corrected chi connectivity index (χ4v) is 3.59. The van der Waals surface area contributed by atoms with Gasteiger partial charge in [0.05, 0.1) is 17.9 Å². The zero-order valence-electron chi connectivity index (χ0n) is 12.8. The molecule has 0 aromatic carbocycles. The Labute approximate surface area is 120 Å². The summed E-state index contributed by atoms with van der Waals surface area (Å²) in [6.07, 6.45) is 6.49. The molecule has 0 bridgehead atoms. The van der Waals surface area contributed by atoms with E-state index in [4.69, 9.17) is 4.74 Å². The van der Waals surface area contributed by atoms with Crippen LogP contribution in [0.15, 0.2) is 12.4 Å². The van der Waals surface area contributed by atoms with Crippen molar-refractivity contribution < 1.29 is 9.53 Å². The number of rotatable bonds is 6. The van der Waals surface area contributed by atoms with Gasteiger partial charge in [-0.3, -0.25) is 9.89 Å². The summed E-state index contributed by atoms with van der Waals surface area (Å²) in [5, 5.41) is 6.55. The molecule has 0 radical (unpaired) electrons. The quantitative estimate of drug-likeness (QED) is 0.870. The van der Waals surface area contributed by atoms with Crippen molar-refractivity contribution in [2.24, 2.45) is 5.41 Å². The normalized spacial score (nSPS) is 24.2. The highest BCUT2D eigenvalue weighted by Crippen LogP contribution is 2.51. The fourth-order valence-electron chi connectivity index (χ4n) is 3.59. The van der Waals surface area contributed by atoms with Gasteiger partial charge in [-0.25, -0.2) is 0 Å². The SMILES string of the molecule is CCOC1CC(N(C)C(=O)c2cn[nH]c2)C1(CC)CC. The Bertz CT molecular complexity index is 440.